The van der Waals surface area contributed by atoms with Crippen LogP contribution in [0.5, 0.6) is 0 Å². The summed E-state index contributed by atoms with van der Waals surface area (Å²) in [5.41, 5.74) is 0. The number of H-pyrrole nitrogens is 1. The monoisotopic (exact) mass is 297 g/mol. The number of rotatable bonds is 7. The summed E-state index contributed by atoms with van der Waals surface area (Å²) in [6, 6.07) is 0. The van der Waals surface area contributed by atoms with E-state index in [1.807, 2.05) is 4.90 Å². The SMILES string of the molecule is C[C@H]1CCCN(C(=O)CCNCCSc2cn[nH]n2)C1. The Kier molecular flexibility index (Phi) is 6.32. The van der Waals surface area contributed by atoms with E-state index in [4.69, 9.17) is 0 Å². The zero-order valence-electron chi connectivity index (χ0n) is 12.0. The Labute approximate surface area is 124 Å². The average molecular weight is 297 g/mol. The molecule has 0 bridgehead atoms. The maximum atomic E-state index is 12.0. The Morgan fingerprint density at radius 2 is 2.50 bits per heavy atom. The minimum Gasteiger partial charge on any atom is -0.342 e. The van der Waals surface area contributed by atoms with Gasteiger partial charge in [-0.25, -0.2) is 0 Å². The third-order valence-electron chi connectivity index (χ3n) is 3.45. The van der Waals surface area contributed by atoms with Gasteiger partial charge in [0.05, 0.1) is 6.20 Å². The number of nitrogens with zero attached hydrogens (tertiary/aromatic N) is 3. The van der Waals surface area contributed by atoms with Crippen molar-refractivity contribution in [2.24, 2.45) is 5.92 Å². The molecule has 0 unspecified atom stereocenters. The molecule has 2 heterocycles. The number of thioether (sulfide) groups is 1. The first-order valence-electron chi connectivity index (χ1n) is 7.23. The molecule has 1 fully saturated rings. The maximum absolute atomic E-state index is 12.0. The average Bonchev–Trinajstić information content (AvgIpc) is 2.95. The summed E-state index contributed by atoms with van der Waals surface area (Å²) in [5, 5.41) is 14.5. The van der Waals surface area contributed by atoms with Crippen LogP contribution in [-0.4, -0.2) is 58.1 Å². The molecular formula is C13H23N5OS. The molecule has 2 N–H and O–H groups in total. The Bertz CT molecular complexity index is 397. The molecule has 1 aliphatic heterocycles. The largest absolute Gasteiger partial charge is 0.342 e. The van der Waals surface area contributed by atoms with E-state index in [0.29, 0.717) is 12.3 Å². The van der Waals surface area contributed by atoms with Gasteiger partial charge in [0.1, 0.15) is 5.03 Å². The van der Waals surface area contributed by atoms with Crippen LogP contribution < -0.4 is 5.32 Å². The molecule has 0 radical (unpaired) electrons. The molecule has 7 heteroatoms. The van der Waals surface area contributed by atoms with Gasteiger partial charge in [-0.2, -0.15) is 10.3 Å². The quantitative estimate of drug-likeness (QED) is 0.583. The van der Waals surface area contributed by atoms with Crippen molar-refractivity contribution in [3.63, 3.8) is 0 Å². The fourth-order valence-electron chi connectivity index (χ4n) is 2.38. The van der Waals surface area contributed by atoms with Crippen LogP contribution in [0.4, 0.5) is 0 Å². The second-order valence-corrected chi connectivity index (χ2v) is 6.36. The van der Waals surface area contributed by atoms with Crippen LogP contribution in [0.1, 0.15) is 26.2 Å². The lowest BCUT2D eigenvalue weighted by Crippen LogP contribution is -2.40. The van der Waals surface area contributed by atoms with Gasteiger partial charge in [-0.3, -0.25) is 4.79 Å². The summed E-state index contributed by atoms with van der Waals surface area (Å²) in [6.07, 6.45) is 4.71. The maximum Gasteiger partial charge on any atom is 0.223 e. The Morgan fingerprint density at radius 1 is 1.60 bits per heavy atom. The minimum atomic E-state index is 0.285. The molecule has 20 heavy (non-hydrogen) atoms. The van der Waals surface area contributed by atoms with Gasteiger partial charge in [0.2, 0.25) is 5.91 Å². The first kappa shape index (κ1) is 15.3. The predicted molar refractivity (Wildman–Crippen MR) is 79.6 cm³/mol. The van der Waals surface area contributed by atoms with E-state index in [2.05, 4.69) is 27.7 Å². The smallest absolute Gasteiger partial charge is 0.223 e. The summed E-state index contributed by atoms with van der Waals surface area (Å²) in [4.78, 5) is 14.0. The number of aromatic nitrogens is 3. The number of amides is 1. The van der Waals surface area contributed by atoms with Crippen LogP contribution >= 0.6 is 11.8 Å². The van der Waals surface area contributed by atoms with Crippen LogP contribution in [0.25, 0.3) is 0 Å². The molecule has 1 aliphatic rings. The van der Waals surface area contributed by atoms with Gasteiger partial charge < -0.3 is 10.2 Å². The molecule has 0 spiro atoms. The van der Waals surface area contributed by atoms with E-state index in [1.165, 1.54) is 6.42 Å². The van der Waals surface area contributed by atoms with Crippen molar-refractivity contribution < 1.29 is 4.79 Å². The van der Waals surface area contributed by atoms with Gasteiger partial charge in [0, 0.05) is 38.4 Å². The molecule has 0 saturated carbocycles. The fraction of sp³-hybridized carbons (Fsp3) is 0.769. The number of nitrogens with one attached hydrogen (secondary N) is 2. The molecule has 1 amide bonds. The number of hydrogen-bond donors (Lipinski definition) is 2. The van der Waals surface area contributed by atoms with E-state index in [1.54, 1.807) is 18.0 Å². The van der Waals surface area contributed by atoms with Crippen molar-refractivity contribution in [3.8, 4) is 0 Å². The van der Waals surface area contributed by atoms with Gasteiger partial charge in [0.15, 0.2) is 0 Å². The van der Waals surface area contributed by atoms with Crippen molar-refractivity contribution >= 4 is 17.7 Å². The number of aromatic amines is 1. The molecule has 112 valence electrons. The summed E-state index contributed by atoms with van der Waals surface area (Å²) in [7, 11) is 0. The first-order chi connectivity index (χ1) is 9.75. The van der Waals surface area contributed by atoms with Crippen LogP contribution in [0.2, 0.25) is 0 Å². The molecule has 6 nitrogen and oxygen atoms in total. The fourth-order valence-corrected chi connectivity index (χ4v) is 3.07. The number of hydrogen-bond acceptors (Lipinski definition) is 5. The van der Waals surface area contributed by atoms with Gasteiger partial charge in [0.25, 0.3) is 0 Å². The van der Waals surface area contributed by atoms with Gasteiger partial charge in [-0.1, -0.05) is 6.92 Å². The van der Waals surface area contributed by atoms with E-state index >= 15 is 0 Å². The van der Waals surface area contributed by atoms with Crippen molar-refractivity contribution in [1.82, 2.24) is 25.6 Å². The summed E-state index contributed by atoms with van der Waals surface area (Å²) in [6.45, 7) is 5.72. The predicted octanol–water partition coefficient (Wildman–Crippen LogP) is 1.13. The normalized spacial score (nSPS) is 19.2. The Morgan fingerprint density at radius 3 is 3.25 bits per heavy atom. The second kappa shape index (κ2) is 8.26. The number of piperidine rings is 1. The van der Waals surface area contributed by atoms with Crippen LogP contribution in [0.3, 0.4) is 0 Å². The molecular weight excluding hydrogens is 274 g/mol. The van der Waals surface area contributed by atoms with Crippen molar-refractivity contribution in [2.75, 3.05) is 31.9 Å². The molecule has 1 aromatic rings. The standard InChI is InChI=1S/C13H23N5OS/c1-11-3-2-7-18(10-11)13(19)4-5-14-6-8-20-12-9-15-17-16-12/h9,11,14H,2-8,10H2,1H3,(H,15,16,17)/t11-/m0/s1. The second-order valence-electron chi connectivity index (χ2n) is 5.24. The first-order valence-corrected chi connectivity index (χ1v) is 8.21. The van der Waals surface area contributed by atoms with Crippen molar-refractivity contribution in [1.29, 1.82) is 0 Å². The van der Waals surface area contributed by atoms with Gasteiger partial charge in [-0.05, 0) is 18.8 Å². The molecule has 1 atom stereocenters. The third kappa shape index (κ3) is 5.13. The molecule has 0 aliphatic carbocycles. The number of carbonyl (C=O) groups excluding carboxylic acids is 1. The lowest BCUT2D eigenvalue weighted by atomic mass is 10.00. The lowest BCUT2D eigenvalue weighted by molar-refractivity contribution is -0.132. The summed E-state index contributed by atoms with van der Waals surface area (Å²) >= 11 is 1.65. The third-order valence-corrected chi connectivity index (χ3v) is 4.35. The summed E-state index contributed by atoms with van der Waals surface area (Å²) in [5.74, 6) is 1.87. The highest BCUT2D eigenvalue weighted by molar-refractivity contribution is 7.99. The Balaban J connectivity index is 1.51. The highest BCUT2D eigenvalue weighted by Crippen LogP contribution is 2.16. The van der Waals surface area contributed by atoms with Gasteiger partial charge >= 0.3 is 0 Å². The van der Waals surface area contributed by atoms with E-state index in [9.17, 15) is 4.79 Å². The van der Waals surface area contributed by atoms with Gasteiger partial charge in [-0.15, -0.1) is 16.9 Å². The van der Waals surface area contributed by atoms with E-state index < -0.39 is 0 Å². The zero-order valence-corrected chi connectivity index (χ0v) is 12.8. The molecule has 2 rings (SSSR count). The highest BCUT2D eigenvalue weighted by Gasteiger charge is 2.20. The van der Waals surface area contributed by atoms with Crippen molar-refractivity contribution in [2.45, 2.75) is 31.2 Å². The number of likely N-dealkylation sites (tertiary alicyclic amines) is 1. The van der Waals surface area contributed by atoms with Crippen molar-refractivity contribution in [3.05, 3.63) is 6.20 Å². The van der Waals surface area contributed by atoms with Crippen LogP contribution in [0, 0.1) is 5.92 Å². The van der Waals surface area contributed by atoms with Crippen LogP contribution in [-0.2, 0) is 4.79 Å². The van der Waals surface area contributed by atoms with Crippen LogP contribution in [0.15, 0.2) is 11.2 Å². The molecule has 0 aromatic carbocycles. The molecule has 1 aromatic heterocycles. The highest BCUT2D eigenvalue weighted by atomic mass is 32.2. The molecule has 1 saturated heterocycles. The summed E-state index contributed by atoms with van der Waals surface area (Å²) < 4.78 is 0. The van der Waals surface area contributed by atoms with E-state index in [0.717, 1.165) is 43.4 Å². The lowest BCUT2D eigenvalue weighted by Gasteiger charge is -2.31. The Hall–Kier alpha value is -1.08. The number of carbonyl (C=O) groups is 1. The van der Waals surface area contributed by atoms with E-state index in [-0.39, 0.29) is 5.91 Å². The topological polar surface area (TPSA) is 73.9 Å². The zero-order chi connectivity index (χ0) is 14.2. The minimum absolute atomic E-state index is 0.285.